The summed E-state index contributed by atoms with van der Waals surface area (Å²) in [6, 6.07) is 5.23. The molecule has 0 bridgehead atoms. The first-order valence-electron chi connectivity index (χ1n) is 8.60. The first-order valence-corrected chi connectivity index (χ1v) is 9.76. The van der Waals surface area contributed by atoms with E-state index in [2.05, 4.69) is 15.1 Å². The van der Waals surface area contributed by atoms with Crippen molar-refractivity contribution in [2.75, 3.05) is 17.2 Å². The van der Waals surface area contributed by atoms with E-state index in [-0.39, 0.29) is 17.2 Å². The molecule has 2 aromatic heterocycles. The Labute approximate surface area is 149 Å². The predicted molar refractivity (Wildman–Crippen MR) is 98.2 cm³/mol. The number of hydrogen-bond donors (Lipinski definition) is 0. The van der Waals surface area contributed by atoms with Crippen molar-refractivity contribution in [3.8, 4) is 0 Å². The molecule has 0 aromatic carbocycles. The van der Waals surface area contributed by atoms with Crippen LogP contribution in [0.4, 0.5) is 5.82 Å². The Kier molecular flexibility index (Phi) is 4.37. The van der Waals surface area contributed by atoms with Gasteiger partial charge in [0, 0.05) is 37.9 Å². The van der Waals surface area contributed by atoms with Crippen LogP contribution in [0.25, 0.3) is 0 Å². The molecule has 2 aromatic rings. The highest BCUT2D eigenvalue weighted by molar-refractivity contribution is 7.98. The normalized spacial score (nSPS) is 19.9. The van der Waals surface area contributed by atoms with Crippen LogP contribution in [0.15, 0.2) is 27.8 Å². The summed E-state index contributed by atoms with van der Waals surface area (Å²) in [5.41, 5.74) is 2.00. The van der Waals surface area contributed by atoms with Crippen LogP contribution in [0, 0.1) is 0 Å². The summed E-state index contributed by atoms with van der Waals surface area (Å²) in [7, 11) is 1.66. The highest BCUT2D eigenvalue weighted by Gasteiger charge is 2.27. The van der Waals surface area contributed by atoms with Crippen molar-refractivity contribution in [2.24, 2.45) is 7.05 Å². The standard InChI is InChI=1S/C17H21N5O2S/c1-20-16(23)5-4-15(19-20)21-7-2-3-13(21)10-22-17(24)9-12-11-25-8-6-14(12)18-22/h4-5,9,13H,2-3,6-8,10-11H2,1H3. The first-order chi connectivity index (χ1) is 12.1. The number of hydrogen-bond acceptors (Lipinski definition) is 6. The fourth-order valence-electron chi connectivity index (χ4n) is 3.55. The fourth-order valence-corrected chi connectivity index (χ4v) is 4.51. The van der Waals surface area contributed by atoms with Gasteiger partial charge in [-0.1, -0.05) is 0 Å². The number of aromatic nitrogens is 4. The Balaban J connectivity index is 1.60. The minimum Gasteiger partial charge on any atom is -0.350 e. The quantitative estimate of drug-likeness (QED) is 0.807. The number of aryl methyl sites for hydroxylation is 2. The maximum Gasteiger partial charge on any atom is 0.267 e. The Hall–Kier alpha value is -2.09. The molecule has 2 aliphatic heterocycles. The molecule has 7 nitrogen and oxygen atoms in total. The molecule has 0 saturated carbocycles. The zero-order valence-electron chi connectivity index (χ0n) is 14.2. The third kappa shape index (κ3) is 3.22. The van der Waals surface area contributed by atoms with Crippen molar-refractivity contribution in [2.45, 2.75) is 37.6 Å². The summed E-state index contributed by atoms with van der Waals surface area (Å²) in [4.78, 5) is 26.2. The van der Waals surface area contributed by atoms with Crippen LogP contribution in [0.5, 0.6) is 0 Å². The molecule has 0 spiro atoms. The van der Waals surface area contributed by atoms with Crippen LogP contribution in [0.2, 0.25) is 0 Å². The van der Waals surface area contributed by atoms with Gasteiger partial charge < -0.3 is 4.90 Å². The topological polar surface area (TPSA) is 73.0 Å². The molecule has 0 N–H and O–H groups in total. The molecule has 1 atom stereocenters. The van der Waals surface area contributed by atoms with Gasteiger partial charge in [0.2, 0.25) is 0 Å². The minimum atomic E-state index is -0.120. The van der Waals surface area contributed by atoms with Gasteiger partial charge in [-0.25, -0.2) is 9.36 Å². The van der Waals surface area contributed by atoms with Crippen LogP contribution < -0.4 is 16.0 Å². The zero-order valence-corrected chi connectivity index (χ0v) is 15.0. The maximum atomic E-state index is 12.4. The third-order valence-electron chi connectivity index (χ3n) is 4.91. The van der Waals surface area contributed by atoms with E-state index >= 15 is 0 Å². The zero-order chi connectivity index (χ0) is 17.4. The van der Waals surface area contributed by atoms with E-state index < -0.39 is 0 Å². The lowest BCUT2D eigenvalue weighted by molar-refractivity contribution is 0.477. The average Bonchev–Trinajstić information content (AvgIpc) is 3.06. The van der Waals surface area contributed by atoms with Gasteiger partial charge in [-0.15, -0.1) is 0 Å². The van der Waals surface area contributed by atoms with Gasteiger partial charge in [-0.05, 0) is 30.2 Å². The van der Waals surface area contributed by atoms with E-state index in [4.69, 9.17) is 0 Å². The monoisotopic (exact) mass is 359 g/mol. The van der Waals surface area contributed by atoms with E-state index in [1.807, 2.05) is 11.8 Å². The Morgan fingerprint density at radius 2 is 2.12 bits per heavy atom. The van der Waals surface area contributed by atoms with Gasteiger partial charge in [-0.3, -0.25) is 9.59 Å². The summed E-state index contributed by atoms with van der Waals surface area (Å²) in [6.07, 6.45) is 2.97. The van der Waals surface area contributed by atoms with E-state index in [9.17, 15) is 9.59 Å². The van der Waals surface area contributed by atoms with Gasteiger partial charge in [-0.2, -0.15) is 22.0 Å². The molecule has 1 saturated heterocycles. The number of anilines is 1. The van der Waals surface area contributed by atoms with Crippen LogP contribution in [0.3, 0.4) is 0 Å². The van der Waals surface area contributed by atoms with Crippen molar-refractivity contribution in [3.63, 3.8) is 0 Å². The average molecular weight is 359 g/mol. The van der Waals surface area contributed by atoms with Crippen LogP contribution in [-0.4, -0.2) is 37.9 Å². The molecule has 1 fully saturated rings. The van der Waals surface area contributed by atoms with Crippen molar-refractivity contribution < 1.29 is 0 Å². The molecule has 2 aliphatic rings. The lowest BCUT2D eigenvalue weighted by atomic mass is 10.2. The molecule has 1 unspecified atom stereocenters. The lowest BCUT2D eigenvalue weighted by Crippen LogP contribution is -2.39. The second kappa shape index (κ2) is 6.67. The molecule has 0 amide bonds. The minimum absolute atomic E-state index is 0.0264. The third-order valence-corrected chi connectivity index (χ3v) is 5.91. The Bertz CT molecular complexity index is 907. The molecule has 4 heterocycles. The largest absolute Gasteiger partial charge is 0.350 e. The maximum absolute atomic E-state index is 12.4. The number of thioether (sulfide) groups is 1. The highest BCUT2D eigenvalue weighted by Crippen LogP contribution is 2.25. The van der Waals surface area contributed by atoms with Crippen LogP contribution in [-0.2, 0) is 25.8 Å². The van der Waals surface area contributed by atoms with Crippen molar-refractivity contribution in [1.82, 2.24) is 19.6 Å². The SMILES string of the molecule is Cn1nc(N2CCCC2Cn2nc3c(cc2=O)CSCC3)ccc1=O. The molecule has 132 valence electrons. The second-order valence-electron chi connectivity index (χ2n) is 6.58. The number of rotatable bonds is 3. The molecule has 0 radical (unpaired) electrons. The smallest absolute Gasteiger partial charge is 0.267 e. The van der Waals surface area contributed by atoms with Crippen molar-refractivity contribution >= 4 is 17.6 Å². The molecule has 25 heavy (non-hydrogen) atoms. The molecule has 0 aliphatic carbocycles. The Morgan fingerprint density at radius 1 is 1.24 bits per heavy atom. The molecular weight excluding hydrogens is 338 g/mol. The van der Waals surface area contributed by atoms with Gasteiger partial charge in [0.25, 0.3) is 11.1 Å². The number of fused-ring (bicyclic) bond motifs is 1. The lowest BCUT2D eigenvalue weighted by Gasteiger charge is -2.26. The second-order valence-corrected chi connectivity index (χ2v) is 7.69. The van der Waals surface area contributed by atoms with Crippen molar-refractivity contribution in [1.29, 1.82) is 0 Å². The van der Waals surface area contributed by atoms with E-state index in [0.29, 0.717) is 6.54 Å². The van der Waals surface area contributed by atoms with Crippen molar-refractivity contribution in [3.05, 3.63) is 50.2 Å². The van der Waals surface area contributed by atoms with E-state index in [0.717, 1.165) is 54.4 Å². The summed E-state index contributed by atoms with van der Waals surface area (Å²) in [6.45, 7) is 1.44. The van der Waals surface area contributed by atoms with Gasteiger partial charge >= 0.3 is 0 Å². The van der Waals surface area contributed by atoms with Crippen LogP contribution in [0.1, 0.15) is 24.1 Å². The fraction of sp³-hybridized carbons (Fsp3) is 0.529. The van der Waals surface area contributed by atoms with E-state index in [1.165, 1.54) is 4.68 Å². The molecule has 8 heteroatoms. The Morgan fingerprint density at radius 3 is 2.96 bits per heavy atom. The summed E-state index contributed by atoms with van der Waals surface area (Å²) in [5, 5.41) is 8.98. The summed E-state index contributed by atoms with van der Waals surface area (Å²) >= 11 is 1.85. The molecule has 4 rings (SSSR count). The number of nitrogens with zero attached hydrogens (tertiary/aromatic N) is 5. The summed E-state index contributed by atoms with van der Waals surface area (Å²) < 4.78 is 2.96. The molecular formula is C17H21N5O2S. The first kappa shape index (κ1) is 16.4. The van der Waals surface area contributed by atoms with E-state index in [1.54, 1.807) is 29.9 Å². The highest BCUT2D eigenvalue weighted by atomic mass is 32.2. The summed E-state index contributed by atoms with van der Waals surface area (Å²) in [5.74, 6) is 2.73. The predicted octanol–water partition coefficient (Wildman–Crippen LogP) is 0.795. The van der Waals surface area contributed by atoms with Gasteiger partial charge in [0.05, 0.1) is 18.3 Å². The van der Waals surface area contributed by atoms with Gasteiger partial charge in [0.1, 0.15) is 5.82 Å². The van der Waals surface area contributed by atoms with Crippen LogP contribution >= 0.6 is 11.8 Å². The van der Waals surface area contributed by atoms with Gasteiger partial charge in [0.15, 0.2) is 0 Å².